The molecule has 0 bridgehead atoms. The van der Waals surface area contributed by atoms with E-state index in [-0.39, 0.29) is 0 Å². The number of hydrogen-bond donors (Lipinski definition) is 0. The van der Waals surface area contributed by atoms with Crippen molar-refractivity contribution in [2.45, 2.75) is 6.61 Å². The van der Waals surface area contributed by atoms with Crippen molar-refractivity contribution in [3.8, 4) is 17.3 Å². The SMILES string of the molecule is c1ccc(-c2nnc3c4ccncc4c(OCc4ccccn4)nn23)cc1. The first-order chi connectivity index (χ1) is 13.4. The van der Waals surface area contributed by atoms with E-state index in [0.717, 1.165) is 22.0 Å². The Hall–Kier alpha value is -3.87. The molecule has 0 saturated heterocycles. The molecule has 0 unspecified atom stereocenters. The van der Waals surface area contributed by atoms with Crippen molar-refractivity contribution >= 4 is 16.4 Å². The second-order valence-corrected chi connectivity index (χ2v) is 5.96. The highest BCUT2D eigenvalue weighted by molar-refractivity contribution is 5.96. The molecule has 0 saturated carbocycles. The van der Waals surface area contributed by atoms with Gasteiger partial charge in [-0.2, -0.15) is 4.52 Å². The summed E-state index contributed by atoms with van der Waals surface area (Å²) in [4.78, 5) is 8.50. The minimum atomic E-state index is 0.312. The summed E-state index contributed by atoms with van der Waals surface area (Å²) in [5.74, 6) is 1.13. The lowest BCUT2D eigenvalue weighted by Gasteiger charge is -2.09. The van der Waals surface area contributed by atoms with E-state index >= 15 is 0 Å². The van der Waals surface area contributed by atoms with Crippen molar-refractivity contribution < 1.29 is 4.74 Å². The second kappa shape index (κ2) is 6.45. The van der Waals surface area contributed by atoms with Crippen LogP contribution < -0.4 is 4.74 Å². The van der Waals surface area contributed by atoms with E-state index in [0.29, 0.717) is 24.0 Å². The zero-order valence-electron chi connectivity index (χ0n) is 14.2. The average Bonchev–Trinajstić information content (AvgIpc) is 3.17. The van der Waals surface area contributed by atoms with Crippen molar-refractivity contribution in [3.05, 3.63) is 78.9 Å². The molecular formula is C20H14N6O. The van der Waals surface area contributed by atoms with Gasteiger partial charge in [0.05, 0.1) is 11.1 Å². The fourth-order valence-electron chi connectivity index (χ4n) is 2.95. The van der Waals surface area contributed by atoms with Crippen LogP contribution in [0, 0.1) is 0 Å². The van der Waals surface area contributed by atoms with E-state index in [4.69, 9.17) is 4.74 Å². The number of nitrogens with zero attached hydrogens (tertiary/aromatic N) is 6. The Morgan fingerprint density at radius 2 is 1.74 bits per heavy atom. The molecule has 0 fully saturated rings. The fourth-order valence-corrected chi connectivity index (χ4v) is 2.95. The maximum Gasteiger partial charge on any atom is 0.241 e. The van der Waals surface area contributed by atoms with Crippen molar-refractivity contribution in [2.24, 2.45) is 0 Å². The van der Waals surface area contributed by atoms with Crippen LogP contribution in [0.15, 0.2) is 73.2 Å². The van der Waals surface area contributed by atoms with E-state index < -0.39 is 0 Å². The van der Waals surface area contributed by atoms with Crippen molar-refractivity contribution in [2.75, 3.05) is 0 Å². The van der Waals surface area contributed by atoms with E-state index in [1.165, 1.54) is 0 Å². The van der Waals surface area contributed by atoms with E-state index in [1.54, 1.807) is 23.1 Å². The van der Waals surface area contributed by atoms with Crippen LogP contribution in [0.3, 0.4) is 0 Å². The third-order valence-corrected chi connectivity index (χ3v) is 4.24. The molecule has 0 aliphatic heterocycles. The Balaban J connectivity index is 1.66. The van der Waals surface area contributed by atoms with Gasteiger partial charge in [-0.25, -0.2) is 0 Å². The molecule has 130 valence electrons. The zero-order chi connectivity index (χ0) is 18.1. The fraction of sp³-hybridized carbons (Fsp3) is 0.0500. The van der Waals surface area contributed by atoms with Gasteiger partial charge in [0.15, 0.2) is 11.5 Å². The number of fused-ring (bicyclic) bond motifs is 3. The monoisotopic (exact) mass is 354 g/mol. The van der Waals surface area contributed by atoms with Gasteiger partial charge in [-0.1, -0.05) is 36.4 Å². The predicted molar refractivity (Wildman–Crippen MR) is 100 cm³/mol. The first-order valence-electron chi connectivity index (χ1n) is 8.47. The maximum atomic E-state index is 5.98. The molecule has 4 heterocycles. The molecule has 0 aliphatic rings. The number of benzene rings is 1. The summed E-state index contributed by atoms with van der Waals surface area (Å²) >= 11 is 0. The summed E-state index contributed by atoms with van der Waals surface area (Å²) in [5.41, 5.74) is 2.42. The minimum absolute atomic E-state index is 0.312. The van der Waals surface area contributed by atoms with Gasteiger partial charge >= 0.3 is 0 Å². The Kier molecular flexibility index (Phi) is 3.68. The Morgan fingerprint density at radius 1 is 0.852 bits per heavy atom. The Labute approximate surface area is 154 Å². The van der Waals surface area contributed by atoms with Crippen LogP contribution in [-0.4, -0.2) is 29.8 Å². The highest BCUT2D eigenvalue weighted by atomic mass is 16.5. The molecule has 27 heavy (non-hydrogen) atoms. The molecule has 0 radical (unpaired) electrons. The first-order valence-corrected chi connectivity index (χ1v) is 8.47. The summed E-state index contributed by atoms with van der Waals surface area (Å²) in [6.45, 7) is 0.312. The highest BCUT2D eigenvalue weighted by Gasteiger charge is 2.16. The summed E-state index contributed by atoms with van der Waals surface area (Å²) < 4.78 is 7.70. The number of hydrogen-bond acceptors (Lipinski definition) is 6. The van der Waals surface area contributed by atoms with Crippen molar-refractivity contribution in [1.29, 1.82) is 0 Å². The second-order valence-electron chi connectivity index (χ2n) is 5.96. The molecule has 0 N–H and O–H groups in total. The molecule has 0 spiro atoms. The lowest BCUT2D eigenvalue weighted by Crippen LogP contribution is -2.04. The minimum Gasteiger partial charge on any atom is -0.470 e. The third-order valence-electron chi connectivity index (χ3n) is 4.24. The summed E-state index contributed by atoms with van der Waals surface area (Å²) in [7, 11) is 0. The summed E-state index contributed by atoms with van der Waals surface area (Å²) in [6, 6.07) is 17.4. The average molecular weight is 354 g/mol. The molecule has 7 heteroatoms. The number of rotatable bonds is 4. The van der Waals surface area contributed by atoms with Gasteiger partial charge in [0.1, 0.15) is 6.61 Å². The number of ether oxygens (including phenoxy) is 1. The lowest BCUT2D eigenvalue weighted by atomic mass is 10.2. The van der Waals surface area contributed by atoms with Crippen molar-refractivity contribution in [1.82, 2.24) is 29.8 Å². The van der Waals surface area contributed by atoms with Gasteiger partial charge in [-0.05, 0) is 18.2 Å². The van der Waals surface area contributed by atoms with Crippen LogP contribution in [0.25, 0.3) is 27.8 Å². The normalized spacial score (nSPS) is 11.1. The summed E-state index contributed by atoms with van der Waals surface area (Å²) in [5, 5.41) is 15.0. The van der Waals surface area contributed by atoms with Crippen LogP contribution in [-0.2, 0) is 6.61 Å². The lowest BCUT2D eigenvalue weighted by molar-refractivity contribution is 0.289. The molecule has 0 amide bonds. The molecular weight excluding hydrogens is 340 g/mol. The first kappa shape index (κ1) is 15.4. The van der Waals surface area contributed by atoms with E-state index in [2.05, 4.69) is 25.3 Å². The molecule has 5 rings (SSSR count). The number of aromatic nitrogens is 6. The Bertz CT molecular complexity index is 1220. The van der Waals surface area contributed by atoms with Crippen LogP contribution in [0.5, 0.6) is 5.88 Å². The molecule has 1 aromatic carbocycles. The molecule has 5 aromatic rings. The molecule has 7 nitrogen and oxygen atoms in total. The topological polar surface area (TPSA) is 78.1 Å². The smallest absolute Gasteiger partial charge is 0.241 e. The van der Waals surface area contributed by atoms with Gasteiger partial charge in [0.2, 0.25) is 5.88 Å². The highest BCUT2D eigenvalue weighted by Crippen LogP contribution is 2.28. The number of pyridine rings is 2. The zero-order valence-corrected chi connectivity index (χ0v) is 14.2. The van der Waals surface area contributed by atoms with Gasteiger partial charge < -0.3 is 4.74 Å². The third kappa shape index (κ3) is 2.75. The van der Waals surface area contributed by atoms with Crippen LogP contribution in [0.2, 0.25) is 0 Å². The maximum absolute atomic E-state index is 5.98. The van der Waals surface area contributed by atoms with Crippen LogP contribution >= 0.6 is 0 Å². The molecule has 0 atom stereocenters. The van der Waals surface area contributed by atoms with Crippen LogP contribution in [0.1, 0.15) is 5.69 Å². The predicted octanol–water partition coefficient (Wildman–Crippen LogP) is 3.31. The van der Waals surface area contributed by atoms with Crippen molar-refractivity contribution in [3.63, 3.8) is 0 Å². The quantitative estimate of drug-likeness (QED) is 0.493. The Morgan fingerprint density at radius 3 is 2.59 bits per heavy atom. The van der Waals surface area contributed by atoms with Gasteiger partial charge in [0, 0.05) is 29.5 Å². The van der Waals surface area contributed by atoms with Crippen LogP contribution in [0.4, 0.5) is 0 Å². The van der Waals surface area contributed by atoms with Gasteiger partial charge in [0.25, 0.3) is 0 Å². The molecule has 0 aliphatic carbocycles. The van der Waals surface area contributed by atoms with Gasteiger partial charge in [-0.3, -0.25) is 9.97 Å². The van der Waals surface area contributed by atoms with E-state index in [9.17, 15) is 0 Å². The largest absolute Gasteiger partial charge is 0.470 e. The van der Waals surface area contributed by atoms with Gasteiger partial charge in [-0.15, -0.1) is 15.3 Å². The van der Waals surface area contributed by atoms with E-state index in [1.807, 2.05) is 54.6 Å². The standard InChI is InChI=1S/C20H14N6O/c1-2-6-14(7-3-1)18-23-24-19-16-9-11-21-12-17(16)20(25-26(18)19)27-13-15-8-4-5-10-22-15/h1-12H,13H2. The molecule has 4 aromatic heterocycles. The summed E-state index contributed by atoms with van der Waals surface area (Å²) in [6.07, 6.45) is 5.19.